The fraction of sp³-hybridized carbons (Fsp3) is 0.200. The van der Waals surface area contributed by atoms with E-state index in [2.05, 4.69) is 15.4 Å². The number of sulfone groups is 1. The Balaban J connectivity index is 1.92. The number of rotatable bonds is 8. The molecule has 1 unspecified atom stereocenters. The lowest BCUT2D eigenvalue weighted by Crippen LogP contribution is -2.33. The molecule has 7 nitrogen and oxygen atoms in total. The van der Waals surface area contributed by atoms with Gasteiger partial charge in [-0.2, -0.15) is 0 Å². The number of amides is 2. The Bertz CT molecular complexity index is 1440. The van der Waals surface area contributed by atoms with E-state index in [-0.39, 0.29) is 44.2 Å². The van der Waals surface area contributed by atoms with E-state index in [0.717, 1.165) is 12.3 Å². The quantitative estimate of drug-likeness (QED) is 0.345. The van der Waals surface area contributed by atoms with E-state index in [1.54, 1.807) is 0 Å². The maximum Gasteiger partial charge on any atom is 0.573 e. The average Bonchev–Trinajstić information content (AvgIpc) is 2.78. The molecule has 0 heterocycles. The van der Waals surface area contributed by atoms with Crippen LogP contribution >= 0.6 is 23.2 Å². The van der Waals surface area contributed by atoms with Gasteiger partial charge >= 0.3 is 6.36 Å². The molecule has 0 spiro atoms. The number of anilines is 1. The van der Waals surface area contributed by atoms with E-state index in [0.29, 0.717) is 5.56 Å². The van der Waals surface area contributed by atoms with E-state index in [1.165, 1.54) is 61.5 Å². The first-order valence-corrected chi connectivity index (χ1v) is 13.5. The van der Waals surface area contributed by atoms with Crippen molar-refractivity contribution in [2.75, 3.05) is 18.1 Å². The van der Waals surface area contributed by atoms with Gasteiger partial charge in [0.2, 0.25) is 11.8 Å². The molecular weight excluding hydrogens is 568 g/mol. The lowest BCUT2D eigenvalue weighted by atomic mass is 9.97. The molecule has 3 aromatic carbocycles. The van der Waals surface area contributed by atoms with Crippen LogP contribution in [0.3, 0.4) is 0 Å². The summed E-state index contributed by atoms with van der Waals surface area (Å²) in [6.07, 6.45) is -3.89. The fourth-order valence-corrected chi connectivity index (χ4v) is 4.90. The van der Waals surface area contributed by atoms with Crippen molar-refractivity contribution < 1.29 is 35.9 Å². The van der Waals surface area contributed by atoms with Gasteiger partial charge in [-0.1, -0.05) is 53.5 Å². The third-order valence-electron chi connectivity index (χ3n) is 5.27. The first-order chi connectivity index (χ1) is 17.7. The zero-order valence-corrected chi connectivity index (χ0v) is 22.2. The number of carbonyl (C=O) groups excluding carboxylic acids is 2. The summed E-state index contributed by atoms with van der Waals surface area (Å²) in [6.45, 7) is 1.18. The Morgan fingerprint density at radius 3 is 2.11 bits per heavy atom. The van der Waals surface area contributed by atoms with Crippen molar-refractivity contribution >= 4 is 50.5 Å². The average molecular weight is 589 g/mol. The summed E-state index contributed by atoms with van der Waals surface area (Å²) in [5.41, 5.74) is 0.629. The van der Waals surface area contributed by atoms with Crippen molar-refractivity contribution in [1.29, 1.82) is 0 Å². The second kappa shape index (κ2) is 11.6. The van der Waals surface area contributed by atoms with Crippen LogP contribution in [0.25, 0.3) is 11.1 Å². The molecule has 2 N–H and O–H groups in total. The number of nitrogens with one attached hydrogen (secondary N) is 2. The molecule has 3 aromatic rings. The van der Waals surface area contributed by atoms with Crippen LogP contribution in [0.4, 0.5) is 18.9 Å². The molecule has 0 aliphatic rings. The van der Waals surface area contributed by atoms with Gasteiger partial charge in [-0.3, -0.25) is 9.59 Å². The Labute approximate surface area is 226 Å². The lowest BCUT2D eigenvalue weighted by molar-refractivity contribution is -0.274. The largest absolute Gasteiger partial charge is 0.573 e. The number of hydrogen-bond acceptors (Lipinski definition) is 5. The maximum atomic E-state index is 13.2. The van der Waals surface area contributed by atoms with Gasteiger partial charge in [0.15, 0.2) is 9.84 Å². The first-order valence-electron chi connectivity index (χ1n) is 10.8. The standard InChI is InChI=1S/C25H21Cl2F3N2O5S/c1-14(33)31-13-19(15-7-9-17(10-8-15)38(2,35)36)24(34)32-16-11-20(26)23(21(27)12-16)18-5-3-4-6-22(18)37-25(28,29)30/h3-12,19H,13H2,1-2H3,(H,31,33)(H,32,34). The predicted octanol–water partition coefficient (Wildman–Crippen LogP) is 5.82. The summed E-state index contributed by atoms with van der Waals surface area (Å²) in [7, 11) is -3.46. The molecule has 0 saturated carbocycles. The van der Waals surface area contributed by atoms with E-state index < -0.39 is 33.8 Å². The zero-order chi connectivity index (χ0) is 28.3. The van der Waals surface area contributed by atoms with Crippen LogP contribution in [-0.2, 0) is 19.4 Å². The van der Waals surface area contributed by atoms with E-state index in [1.807, 2.05) is 0 Å². The van der Waals surface area contributed by atoms with Crippen molar-refractivity contribution in [2.45, 2.75) is 24.1 Å². The monoisotopic (exact) mass is 588 g/mol. The van der Waals surface area contributed by atoms with Gasteiger partial charge in [0, 0.05) is 36.5 Å². The van der Waals surface area contributed by atoms with Crippen LogP contribution in [0.5, 0.6) is 5.75 Å². The van der Waals surface area contributed by atoms with Gasteiger partial charge in [-0.05, 0) is 35.9 Å². The third kappa shape index (κ3) is 7.62. The van der Waals surface area contributed by atoms with E-state index >= 15 is 0 Å². The van der Waals surface area contributed by atoms with Gasteiger partial charge in [-0.25, -0.2) is 8.42 Å². The van der Waals surface area contributed by atoms with Gasteiger partial charge in [-0.15, -0.1) is 13.2 Å². The summed E-state index contributed by atoms with van der Waals surface area (Å²) in [6, 6.07) is 13.6. The molecule has 0 aromatic heterocycles. The number of ether oxygens (including phenoxy) is 1. The molecule has 1 atom stereocenters. The summed E-state index contributed by atoms with van der Waals surface area (Å²) < 4.78 is 66.2. The smallest absolute Gasteiger partial charge is 0.405 e. The number of halogens is 5. The number of benzene rings is 3. The molecule has 38 heavy (non-hydrogen) atoms. The SMILES string of the molecule is CC(=O)NCC(C(=O)Nc1cc(Cl)c(-c2ccccc2OC(F)(F)F)c(Cl)c1)c1ccc(S(C)(=O)=O)cc1. The number of alkyl halides is 3. The van der Waals surface area contributed by atoms with Crippen molar-refractivity contribution in [3.05, 3.63) is 76.3 Å². The molecular formula is C25H21Cl2F3N2O5S. The molecule has 2 amide bonds. The molecule has 3 rings (SSSR count). The number of carbonyl (C=O) groups is 2. The molecule has 0 saturated heterocycles. The fourth-order valence-electron chi connectivity index (χ4n) is 3.57. The van der Waals surface area contributed by atoms with Crippen LogP contribution in [0.1, 0.15) is 18.4 Å². The highest BCUT2D eigenvalue weighted by Gasteiger charge is 2.32. The molecule has 0 radical (unpaired) electrons. The second-order valence-electron chi connectivity index (χ2n) is 8.18. The topological polar surface area (TPSA) is 102 Å². The second-order valence-corrected chi connectivity index (χ2v) is 11.0. The minimum Gasteiger partial charge on any atom is -0.405 e. The highest BCUT2D eigenvalue weighted by molar-refractivity contribution is 7.90. The van der Waals surface area contributed by atoms with Gasteiger partial charge in [0.05, 0.1) is 20.9 Å². The summed E-state index contributed by atoms with van der Waals surface area (Å²) in [5, 5.41) is 5.08. The van der Waals surface area contributed by atoms with E-state index in [4.69, 9.17) is 23.2 Å². The van der Waals surface area contributed by atoms with Crippen LogP contribution in [0.2, 0.25) is 10.0 Å². The van der Waals surface area contributed by atoms with Crippen LogP contribution in [0, 0.1) is 0 Å². The lowest BCUT2D eigenvalue weighted by Gasteiger charge is -2.19. The van der Waals surface area contributed by atoms with Crippen LogP contribution in [-0.4, -0.2) is 39.4 Å². The molecule has 0 aliphatic heterocycles. The summed E-state index contributed by atoms with van der Waals surface area (Å²) in [5.74, 6) is -2.39. The maximum absolute atomic E-state index is 13.2. The first kappa shape index (κ1) is 29.3. The normalized spacial score (nSPS) is 12.5. The Morgan fingerprint density at radius 2 is 1.58 bits per heavy atom. The highest BCUT2D eigenvalue weighted by atomic mass is 35.5. The minimum atomic E-state index is -4.94. The molecule has 0 aliphatic carbocycles. The van der Waals surface area contributed by atoms with Crippen molar-refractivity contribution in [3.63, 3.8) is 0 Å². The van der Waals surface area contributed by atoms with Crippen LogP contribution in [0.15, 0.2) is 65.6 Å². The highest BCUT2D eigenvalue weighted by Crippen LogP contribution is 2.42. The third-order valence-corrected chi connectivity index (χ3v) is 7.00. The molecule has 0 bridgehead atoms. The predicted molar refractivity (Wildman–Crippen MR) is 138 cm³/mol. The van der Waals surface area contributed by atoms with Crippen LogP contribution < -0.4 is 15.4 Å². The van der Waals surface area contributed by atoms with Gasteiger partial charge in [0.25, 0.3) is 0 Å². The minimum absolute atomic E-state index is 0.00722. The van der Waals surface area contributed by atoms with Gasteiger partial charge in [0.1, 0.15) is 5.75 Å². The van der Waals surface area contributed by atoms with Gasteiger partial charge < -0.3 is 15.4 Å². The molecule has 202 valence electrons. The number of hydrogen-bond donors (Lipinski definition) is 2. The summed E-state index contributed by atoms with van der Waals surface area (Å²) in [4.78, 5) is 24.7. The zero-order valence-electron chi connectivity index (χ0n) is 19.9. The van der Waals surface area contributed by atoms with Crippen molar-refractivity contribution in [2.24, 2.45) is 0 Å². The number of para-hydroxylation sites is 1. The van der Waals surface area contributed by atoms with Crippen molar-refractivity contribution in [1.82, 2.24) is 5.32 Å². The van der Waals surface area contributed by atoms with Crippen molar-refractivity contribution in [3.8, 4) is 16.9 Å². The van der Waals surface area contributed by atoms with E-state index in [9.17, 15) is 31.2 Å². The molecule has 13 heteroatoms. The Hall–Kier alpha value is -3.28. The Morgan fingerprint density at radius 1 is 1.00 bits per heavy atom. The summed E-state index contributed by atoms with van der Waals surface area (Å²) >= 11 is 12.7. The Kier molecular flexibility index (Phi) is 8.96. The molecule has 0 fully saturated rings.